The molecule has 86 valence electrons. The van der Waals surface area contributed by atoms with Crippen molar-refractivity contribution in [2.75, 3.05) is 0 Å². The molecule has 4 nitrogen and oxygen atoms in total. The van der Waals surface area contributed by atoms with Gasteiger partial charge in [-0.15, -0.1) is 0 Å². The molecule has 0 aliphatic rings. The van der Waals surface area contributed by atoms with Gasteiger partial charge in [-0.05, 0) is 18.6 Å². The van der Waals surface area contributed by atoms with E-state index in [2.05, 4.69) is 4.98 Å². The zero-order valence-electron chi connectivity index (χ0n) is 9.47. The summed E-state index contributed by atoms with van der Waals surface area (Å²) in [6.07, 6.45) is 8.05. The predicted octanol–water partition coefficient (Wildman–Crippen LogP) is 1.52. The highest BCUT2D eigenvalue weighted by Gasteiger charge is 2.08. The van der Waals surface area contributed by atoms with Crippen LogP contribution in [0.15, 0.2) is 35.2 Å². The van der Waals surface area contributed by atoms with Crippen LogP contribution in [0.25, 0.3) is 0 Å². The highest BCUT2D eigenvalue weighted by atomic mass is 16.3. The highest BCUT2D eigenvalue weighted by molar-refractivity contribution is 4.99. The van der Waals surface area contributed by atoms with Gasteiger partial charge in [0.25, 0.3) is 0 Å². The number of nitrogens with zero attached hydrogens (tertiary/aromatic N) is 2. The van der Waals surface area contributed by atoms with Gasteiger partial charge >= 0.3 is 0 Å². The maximum atomic E-state index is 6.06. The van der Waals surface area contributed by atoms with Crippen LogP contribution >= 0.6 is 0 Å². The summed E-state index contributed by atoms with van der Waals surface area (Å²) >= 11 is 0. The molecule has 0 spiro atoms. The third kappa shape index (κ3) is 2.73. The average Bonchev–Trinajstić information content (AvgIpc) is 2.88. The summed E-state index contributed by atoms with van der Waals surface area (Å²) in [5, 5.41) is 0. The summed E-state index contributed by atoms with van der Waals surface area (Å²) in [6, 6.07) is 4.01. The van der Waals surface area contributed by atoms with Crippen LogP contribution < -0.4 is 5.73 Å². The van der Waals surface area contributed by atoms with Gasteiger partial charge in [0.05, 0.1) is 6.26 Å². The summed E-state index contributed by atoms with van der Waals surface area (Å²) in [4.78, 5) is 4.26. The van der Waals surface area contributed by atoms with Gasteiger partial charge in [-0.1, -0.05) is 0 Å². The molecule has 0 amide bonds. The predicted molar refractivity (Wildman–Crippen MR) is 61.9 cm³/mol. The van der Waals surface area contributed by atoms with Gasteiger partial charge in [0.1, 0.15) is 11.6 Å². The summed E-state index contributed by atoms with van der Waals surface area (Å²) in [7, 11) is 1.99. The first-order valence-electron chi connectivity index (χ1n) is 5.50. The van der Waals surface area contributed by atoms with Crippen molar-refractivity contribution in [3.05, 3.63) is 42.4 Å². The first-order chi connectivity index (χ1) is 7.75. The maximum absolute atomic E-state index is 6.06. The van der Waals surface area contributed by atoms with E-state index in [1.54, 1.807) is 12.5 Å². The minimum absolute atomic E-state index is 0.131. The molecule has 2 heterocycles. The fourth-order valence-electron chi connectivity index (χ4n) is 1.71. The first kappa shape index (κ1) is 11.0. The van der Waals surface area contributed by atoms with Crippen molar-refractivity contribution in [3.63, 3.8) is 0 Å². The topological polar surface area (TPSA) is 57.0 Å². The molecule has 0 bridgehead atoms. The van der Waals surface area contributed by atoms with E-state index in [-0.39, 0.29) is 6.04 Å². The molecule has 0 saturated heterocycles. The van der Waals surface area contributed by atoms with Crippen molar-refractivity contribution in [3.8, 4) is 0 Å². The van der Waals surface area contributed by atoms with Crippen molar-refractivity contribution in [1.29, 1.82) is 0 Å². The normalized spacial score (nSPS) is 12.9. The Hall–Kier alpha value is -1.55. The van der Waals surface area contributed by atoms with E-state index < -0.39 is 0 Å². The van der Waals surface area contributed by atoms with Crippen molar-refractivity contribution >= 4 is 0 Å². The number of rotatable bonds is 5. The second-order valence-corrected chi connectivity index (χ2v) is 4.04. The quantitative estimate of drug-likeness (QED) is 0.829. The molecule has 0 aromatic carbocycles. The SMILES string of the molecule is Cn1ccnc1CC(N)CCc1ccco1. The monoisotopic (exact) mass is 219 g/mol. The van der Waals surface area contributed by atoms with E-state index >= 15 is 0 Å². The Kier molecular flexibility index (Phi) is 3.41. The number of furan rings is 1. The Bertz CT molecular complexity index is 419. The van der Waals surface area contributed by atoms with Crippen molar-refractivity contribution in [2.24, 2.45) is 12.8 Å². The van der Waals surface area contributed by atoms with E-state index in [4.69, 9.17) is 10.2 Å². The Morgan fingerprint density at radius 1 is 1.56 bits per heavy atom. The minimum Gasteiger partial charge on any atom is -0.469 e. The van der Waals surface area contributed by atoms with Crippen LogP contribution in [0.2, 0.25) is 0 Å². The molecule has 2 aromatic rings. The summed E-state index contributed by atoms with van der Waals surface area (Å²) in [5.41, 5.74) is 6.06. The second kappa shape index (κ2) is 4.99. The van der Waals surface area contributed by atoms with E-state index in [0.29, 0.717) is 0 Å². The number of aryl methyl sites for hydroxylation is 2. The molecule has 0 aliphatic carbocycles. The third-order valence-electron chi connectivity index (χ3n) is 2.71. The Morgan fingerprint density at radius 3 is 3.06 bits per heavy atom. The second-order valence-electron chi connectivity index (χ2n) is 4.04. The van der Waals surface area contributed by atoms with Crippen LogP contribution in [0.4, 0.5) is 0 Å². The molecule has 2 aromatic heterocycles. The van der Waals surface area contributed by atoms with Crippen LogP contribution in [0.5, 0.6) is 0 Å². The van der Waals surface area contributed by atoms with Crippen LogP contribution in [-0.2, 0) is 19.9 Å². The zero-order valence-corrected chi connectivity index (χ0v) is 9.47. The lowest BCUT2D eigenvalue weighted by Gasteiger charge is -2.10. The molecule has 16 heavy (non-hydrogen) atoms. The van der Waals surface area contributed by atoms with Crippen molar-refractivity contribution in [2.45, 2.75) is 25.3 Å². The molecular weight excluding hydrogens is 202 g/mol. The summed E-state index contributed by atoms with van der Waals surface area (Å²) in [5.74, 6) is 2.03. The molecule has 2 N–H and O–H groups in total. The van der Waals surface area contributed by atoms with Crippen LogP contribution in [-0.4, -0.2) is 15.6 Å². The van der Waals surface area contributed by atoms with Gasteiger partial charge in [0.2, 0.25) is 0 Å². The summed E-state index contributed by atoms with van der Waals surface area (Å²) in [6.45, 7) is 0. The van der Waals surface area contributed by atoms with Gasteiger partial charge < -0.3 is 14.7 Å². The van der Waals surface area contributed by atoms with Gasteiger partial charge in [0, 0.05) is 38.3 Å². The molecule has 0 saturated carbocycles. The molecule has 0 radical (unpaired) electrons. The van der Waals surface area contributed by atoms with Crippen LogP contribution in [0.1, 0.15) is 18.0 Å². The Balaban J connectivity index is 1.81. The minimum atomic E-state index is 0.131. The average molecular weight is 219 g/mol. The Morgan fingerprint density at radius 2 is 2.44 bits per heavy atom. The van der Waals surface area contributed by atoms with Gasteiger partial charge in [-0.25, -0.2) is 4.98 Å². The van der Waals surface area contributed by atoms with Gasteiger partial charge in [-0.2, -0.15) is 0 Å². The lowest BCUT2D eigenvalue weighted by atomic mass is 10.1. The van der Waals surface area contributed by atoms with E-state index in [1.807, 2.05) is 29.9 Å². The van der Waals surface area contributed by atoms with Crippen molar-refractivity contribution in [1.82, 2.24) is 9.55 Å². The van der Waals surface area contributed by atoms with Crippen LogP contribution in [0, 0.1) is 0 Å². The molecule has 2 rings (SSSR count). The molecule has 0 fully saturated rings. The standard InChI is InChI=1S/C12H17N3O/c1-15-7-6-14-12(15)9-10(13)4-5-11-3-2-8-16-11/h2-3,6-8,10H,4-5,9,13H2,1H3. The first-order valence-corrected chi connectivity index (χ1v) is 5.50. The molecular formula is C12H17N3O. The Labute approximate surface area is 95.1 Å². The number of imidazole rings is 1. The number of nitrogens with two attached hydrogens (primary N) is 1. The lowest BCUT2D eigenvalue weighted by molar-refractivity contribution is 0.480. The fraction of sp³-hybridized carbons (Fsp3) is 0.417. The van der Waals surface area contributed by atoms with E-state index in [1.165, 1.54) is 0 Å². The summed E-state index contributed by atoms with van der Waals surface area (Å²) < 4.78 is 7.27. The fourth-order valence-corrected chi connectivity index (χ4v) is 1.71. The molecule has 1 atom stereocenters. The number of hydrogen-bond donors (Lipinski definition) is 1. The van der Waals surface area contributed by atoms with Crippen molar-refractivity contribution < 1.29 is 4.42 Å². The van der Waals surface area contributed by atoms with Crippen LogP contribution in [0.3, 0.4) is 0 Å². The third-order valence-corrected chi connectivity index (χ3v) is 2.71. The van der Waals surface area contributed by atoms with E-state index in [0.717, 1.165) is 30.8 Å². The van der Waals surface area contributed by atoms with E-state index in [9.17, 15) is 0 Å². The lowest BCUT2D eigenvalue weighted by Crippen LogP contribution is -2.25. The van der Waals surface area contributed by atoms with Gasteiger partial charge in [0.15, 0.2) is 0 Å². The zero-order chi connectivity index (χ0) is 11.4. The maximum Gasteiger partial charge on any atom is 0.109 e. The molecule has 0 aliphatic heterocycles. The molecule has 1 unspecified atom stereocenters. The smallest absolute Gasteiger partial charge is 0.109 e. The number of hydrogen-bond acceptors (Lipinski definition) is 3. The largest absolute Gasteiger partial charge is 0.469 e. The van der Waals surface area contributed by atoms with Gasteiger partial charge in [-0.3, -0.25) is 0 Å². The number of aromatic nitrogens is 2. The molecule has 4 heteroatoms. The highest BCUT2D eigenvalue weighted by Crippen LogP contribution is 2.07.